The zero-order chi connectivity index (χ0) is 21.7. The van der Waals surface area contributed by atoms with Crippen molar-refractivity contribution in [3.63, 3.8) is 0 Å². The lowest BCUT2D eigenvalue weighted by atomic mass is 9.83. The molecule has 1 N–H and O–H groups in total. The molecule has 0 spiro atoms. The number of rotatable bonds is 9. The Morgan fingerprint density at radius 2 is 1.53 bits per heavy atom. The molecule has 3 aromatic carbocycles. The zero-order valence-corrected chi connectivity index (χ0v) is 17.6. The minimum Gasteiger partial charge on any atom is -0.496 e. The Bertz CT molecular complexity index is 1030. The van der Waals surface area contributed by atoms with Crippen LogP contribution in [0.1, 0.15) is 29.0 Å². The number of carbonyl (C=O) groups is 1. The number of fused-ring (bicyclic) bond motifs is 1. The molecular weight excluding hydrogens is 384 g/mol. The van der Waals surface area contributed by atoms with E-state index in [1.54, 1.807) is 21.3 Å². The van der Waals surface area contributed by atoms with Crippen molar-refractivity contribution in [2.24, 2.45) is 0 Å². The molecule has 3 aromatic rings. The van der Waals surface area contributed by atoms with Gasteiger partial charge in [-0.25, -0.2) is 0 Å². The van der Waals surface area contributed by atoms with Crippen LogP contribution in [0.15, 0.2) is 48.5 Å². The molecule has 1 atom stereocenters. The molecule has 0 aromatic heterocycles. The number of hydrogen-bond donors (Lipinski definition) is 1. The van der Waals surface area contributed by atoms with Gasteiger partial charge in [-0.2, -0.15) is 0 Å². The maximum atomic E-state index is 11.8. The predicted octanol–water partition coefficient (Wildman–Crippen LogP) is 4.75. The third-order valence-corrected chi connectivity index (χ3v) is 5.17. The molecule has 0 bridgehead atoms. The first-order valence-corrected chi connectivity index (χ1v) is 9.58. The van der Waals surface area contributed by atoms with Gasteiger partial charge < -0.3 is 24.1 Å². The summed E-state index contributed by atoms with van der Waals surface area (Å²) in [7, 11) is 4.79. The van der Waals surface area contributed by atoms with Gasteiger partial charge in [-0.15, -0.1) is 0 Å². The third kappa shape index (κ3) is 4.19. The van der Waals surface area contributed by atoms with Crippen LogP contribution < -0.4 is 14.2 Å². The van der Waals surface area contributed by atoms with E-state index in [2.05, 4.69) is 0 Å². The highest BCUT2D eigenvalue weighted by Gasteiger charge is 2.27. The van der Waals surface area contributed by atoms with Crippen LogP contribution in [0.25, 0.3) is 10.8 Å². The topological polar surface area (TPSA) is 74.2 Å². The maximum Gasteiger partial charge on any atom is 0.304 e. The number of ether oxygens (including phenoxy) is 4. The lowest BCUT2D eigenvalue weighted by Crippen LogP contribution is -2.12. The van der Waals surface area contributed by atoms with Gasteiger partial charge in [0, 0.05) is 29.4 Å². The highest BCUT2D eigenvalue weighted by molar-refractivity contribution is 5.96. The summed E-state index contributed by atoms with van der Waals surface area (Å²) in [5, 5.41) is 11.5. The smallest absolute Gasteiger partial charge is 0.304 e. The maximum absolute atomic E-state index is 11.8. The first-order chi connectivity index (χ1) is 14.5. The molecule has 0 saturated heterocycles. The highest BCUT2D eigenvalue weighted by atomic mass is 16.7. The van der Waals surface area contributed by atoms with E-state index < -0.39 is 11.9 Å². The molecule has 0 amide bonds. The predicted molar refractivity (Wildman–Crippen MR) is 115 cm³/mol. The first-order valence-electron chi connectivity index (χ1n) is 9.58. The average Bonchev–Trinajstić information content (AvgIpc) is 2.76. The number of hydrogen-bond acceptors (Lipinski definition) is 5. The second kappa shape index (κ2) is 9.50. The minimum atomic E-state index is -0.895. The Morgan fingerprint density at radius 3 is 2.07 bits per heavy atom. The molecule has 3 rings (SSSR count). The molecular formula is C24H26O6. The van der Waals surface area contributed by atoms with Gasteiger partial charge in [0.15, 0.2) is 6.79 Å². The van der Waals surface area contributed by atoms with E-state index in [0.717, 1.165) is 33.2 Å². The third-order valence-electron chi connectivity index (χ3n) is 5.17. The number of carboxylic acids is 1. The monoisotopic (exact) mass is 410 g/mol. The van der Waals surface area contributed by atoms with Crippen LogP contribution in [0.3, 0.4) is 0 Å². The van der Waals surface area contributed by atoms with Crippen molar-refractivity contribution >= 4 is 16.7 Å². The summed E-state index contributed by atoms with van der Waals surface area (Å²) in [5.41, 5.74) is 2.51. The molecule has 0 radical (unpaired) electrons. The standard InChI is InChI=1S/C24H26O6/c1-15-22(24(29-4)19-8-6-5-7-18(19)23(15)28-3)20(13-21(25)26)16-9-11-17(12-10-16)30-14-27-2/h5-12,20H,13-14H2,1-4H3,(H,25,26). The summed E-state index contributed by atoms with van der Waals surface area (Å²) in [6, 6.07) is 15.2. The SMILES string of the molecule is COCOc1ccc(C(CC(=O)O)c2c(C)c(OC)c3ccccc3c2OC)cc1. The molecule has 6 nitrogen and oxygen atoms in total. The Hall–Kier alpha value is -3.25. The summed E-state index contributed by atoms with van der Waals surface area (Å²) in [4.78, 5) is 11.8. The molecule has 0 aliphatic heterocycles. The molecule has 6 heteroatoms. The second-order valence-electron chi connectivity index (χ2n) is 6.92. The van der Waals surface area contributed by atoms with Gasteiger partial charge in [0.25, 0.3) is 0 Å². The zero-order valence-electron chi connectivity index (χ0n) is 17.6. The van der Waals surface area contributed by atoms with E-state index >= 15 is 0 Å². The van der Waals surface area contributed by atoms with Crippen LogP contribution in [0.4, 0.5) is 0 Å². The van der Waals surface area contributed by atoms with Crippen molar-refractivity contribution in [3.05, 3.63) is 65.2 Å². The molecule has 0 saturated carbocycles. The molecule has 0 fully saturated rings. The van der Waals surface area contributed by atoms with E-state index in [4.69, 9.17) is 18.9 Å². The fourth-order valence-electron chi connectivity index (χ4n) is 3.91. The summed E-state index contributed by atoms with van der Waals surface area (Å²) >= 11 is 0. The van der Waals surface area contributed by atoms with Gasteiger partial charge in [-0.3, -0.25) is 4.79 Å². The highest BCUT2D eigenvalue weighted by Crippen LogP contribution is 2.46. The van der Waals surface area contributed by atoms with Crippen LogP contribution >= 0.6 is 0 Å². The molecule has 0 aliphatic rings. The molecule has 0 aliphatic carbocycles. The summed E-state index contributed by atoms with van der Waals surface area (Å²) in [6.45, 7) is 2.08. The van der Waals surface area contributed by atoms with Crippen molar-refractivity contribution in [2.45, 2.75) is 19.3 Å². The van der Waals surface area contributed by atoms with E-state index in [1.165, 1.54) is 0 Å². The van der Waals surface area contributed by atoms with Crippen molar-refractivity contribution < 1.29 is 28.8 Å². The van der Waals surface area contributed by atoms with Gasteiger partial charge in [0.1, 0.15) is 17.2 Å². The number of aliphatic carboxylic acids is 1. The van der Waals surface area contributed by atoms with E-state index in [0.29, 0.717) is 11.5 Å². The van der Waals surface area contributed by atoms with Crippen molar-refractivity contribution in [1.29, 1.82) is 0 Å². The Balaban J connectivity index is 2.21. The van der Waals surface area contributed by atoms with E-state index in [-0.39, 0.29) is 13.2 Å². The Morgan fingerprint density at radius 1 is 0.933 bits per heavy atom. The molecule has 1 unspecified atom stereocenters. The lowest BCUT2D eigenvalue weighted by molar-refractivity contribution is -0.137. The van der Waals surface area contributed by atoms with Gasteiger partial charge in [-0.1, -0.05) is 36.4 Å². The van der Waals surface area contributed by atoms with Crippen molar-refractivity contribution in [1.82, 2.24) is 0 Å². The minimum absolute atomic E-state index is 0.0863. The lowest BCUT2D eigenvalue weighted by Gasteiger charge is -2.25. The number of methoxy groups -OCH3 is 3. The van der Waals surface area contributed by atoms with E-state index in [9.17, 15) is 9.90 Å². The largest absolute Gasteiger partial charge is 0.496 e. The van der Waals surface area contributed by atoms with Gasteiger partial charge in [0.05, 0.1) is 20.6 Å². The fourth-order valence-corrected chi connectivity index (χ4v) is 3.91. The summed E-state index contributed by atoms with van der Waals surface area (Å²) in [6.07, 6.45) is -0.0863. The molecule has 0 heterocycles. The summed E-state index contributed by atoms with van der Waals surface area (Å²) < 4.78 is 21.9. The molecule has 158 valence electrons. The van der Waals surface area contributed by atoms with Crippen LogP contribution in [0, 0.1) is 6.92 Å². The normalized spacial score (nSPS) is 11.9. The first kappa shape index (κ1) is 21.5. The number of benzene rings is 3. The second-order valence-corrected chi connectivity index (χ2v) is 6.92. The van der Waals surface area contributed by atoms with Gasteiger partial charge in [0.2, 0.25) is 0 Å². The molecule has 30 heavy (non-hydrogen) atoms. The van der Waals surface area contributed by atoms with Crippen LogP contribution in [0.5, 0.6) is 17.2 Å². The average molecular weight is 410 g/mol. The van der Waals surface area contributed by atoms with Crippen LogP contribution in [-0.2, 0) is 9.53 Å². The van der Waals surface area contributed by atoms with Crippen LogP contribution in [-0.4, -0.2) is 39.2 Å². The quantitative estimate of drug-likeness (QED) is 0.513. The van der Waals surface area contributed by atoms with Crippen LogP contribution in [0.2, 0.25) is 0 Å². The fraction of sp³-hybridized carbons (Fsp3) is 0.292. The summed E-state index contributed by atoms with van der Waals surface area (Å²) in [5.74, 6) is 0.710. The Kier molecular flexibility index (Phi) is 6.79. The number of carboxylic acid groups (broad SMARTS) is 1. The Labute approximate surface area is 175 Å². The van der Waals surface area contributed by atoms with Crippen molar-refractivity contribution in [2.75, 3.05) is 28.1 Å². The van der Waals surface area contributed by atoms with Crippen molar-refractivity contribution in [3.8, 4) is 17.2 Å². The van der Waals surface area contributed by atoms with Gasteiger partial charge in [-0.05, 0) is 30.2 Å². The van der Waals surface area contributed by atoms with Gasteiger partial charge >= 0.3 is 5.97 Å². The van der Waals surface area contributed by atoms with E-state index in [1.807, 2.05) is 55.5 Å².